The van der Waals surface area contributed by atoms with Gasteiger partial charge in [0.15, 0.2) is 5.82 Å². The van der Waals surface area contributed by atoms with Gasteiger partial charge in [0.1, 0.15) is 0 Å². The summed E-state index contributed by atoms with van der Waals surface area (Å²) in [6.45, 7) is 0. The van der Waals surface area contributed by atoms with Crippen molar-refractivity contribution < 1.29 is 0 Å². The molecule has 0 atom stereocenters. The van der Waals surface area contributed by atoms with E-state index in [0.717, 1.165) is 85.9 Å². The maximum absolute atomic E-state index is 5.08. The Bertz CT molecular complexity index is 2610. The van der Waals surface area contributed by atoms with Gasteiger partial charge in [0.2, 0.25) is 0 Å². The van der Waals surface area contributed by atoms with Crippen molar-refractivity contribution in [2.75, 3.05) is 10.6 Å². The van der Waals surface area contributed by atoms with Crippen LogP contribution >= 0.6 is 0 Å². The molecule has 1 heterocycles. The van der Waals surface area contributed by atoms with Crippen molar-refractivity contribution in [2.45, 2.75) is 12.8 Å². The molecule has 0 fully saturated rings. The average molecular weight is 721 g/mol. The Morgan fingerprint density at radius 2 is 0.893 bits per heavy atom. The summed E-state index contributed by atoms with van der Waals surface area (Å²) < 4.78 is 0. The summed E-state index contributed by atoms with van der Waals surface area (Å²) in [6, 6.07) is 65.5. The molecule has 1 aromatic heterocycles. The SMILES string of the molecule is C1=CC(c2cc(-c3ccc(Nc4ccccc4)c(-c4ccccc4)c3)ccc2Nc2cccc(-c3nc(-c4ccccc4)cc(-c4ccccc4)n3)c2)=CCC1. The van der Waals surface area contributed by atoms with E-state index in [1.165, 1.54) is 11.1 Å². The normalized spacial score (nSPS) is 12.2. The fourth-order valence-electron chi connectivity index (χ4n) is 7.23. The lowest BCUT2D eigenvalue weighted by atomic mass is 9.92. The van der Waals surface area contributed by atoms with E-state index in [9.17, 15) is 0 Å². The van der Waals surface area contributed by atoms with E-state index in [0.29, 0.717) is 5.82 Å². The second-order valence-electron chi connectivity index (χ2n) is 13.9. The average Bonchev–Trinajstić information content (AvgIpc) is 3.28. The lowest BCUT2D eigenvalue weighted by Gasteiger charge is -2.18. The van der Waals surface area contributed by atoms with Gasteiger partial charge in [-0.05, 0) is 89.7 Å². The second kappa shape index (κ2) is 16.0. The molecule has 1 aliphatic carbocycles. The third kappa shape index (κ3) is 7.68. The molecule has 0 saturated carbocycles. The van der Waals surface area contributed by atoms with Crippen molar-refractivity contribution in [3.05, 3.63) is 212 Å². The molecular weight excluding hydrogens is 681 g/mol. The fraction of sp³-hybridized carbons (Fsp3) is 0.0385. The van der Waals surface area contributed by atoms with Gasteiger partial charge in [-0.25, -0.2) is 9.97 Å². The highest BCUT2D eigenvalue weighted by Gasteiger charge is 2.15. The van der Waals surface area contributed by atoms with Gasteiger partial charge in [-0.2, -0.15) is 0 Å². The first-order chi connectivity index (χ1) is 27.7. The number of para-hydroxylation sites is 1. The highest BCUT2D eigenvalue weighted by atomic mass is 14.9. The highest BCUT2D eigenvalue weighted by molar-refractivity contribution is 5.90. The number of allylic oxidation sites excluding steroid dienone is 4. The Morgan fingerprint density at radius 3 is 1.50 bits per heavy atom. The van der Waals surface area contributed by atoms with Crippen LogP contribution < -0.4 is 10.6 Å². The molecule has 0 bridgehead atoms. The van der Waals surface area contributed by atoms with Gasteiger partial charge in [0, 0.05) is 50.6 Å². The second-order valence-corrected chi connectivity index (χ2v) is 13.9. The van der Waals surface area contributed by atoms with Gasteiger partial charge in [-0.3, -0.25) is 0 Å². The Morgan fingerprint density at radius 1 is 0.375 bits per heavy atom. The van der Waals surface area contributed by atoms with Crippen LogP contribution in [0.4, 0.5) is 22.7 Å². The van der Waals surface area contributed by atoms with Gasteiger partial charge in [0.25, 0.3) is 0 Å². The maximum Gasteiger partial charge on any atom is 0.160 e. The first kappa shape index (κ1) is 34.5. The predicted molar refractivity (Wildman–Crippen MR) is 235 cm³/mol. The molecule has 0 unspecified atom stereocenters. The first-order valence-corrected chi connectivity index (χ1v) is 19.1. The van der Waals surface area contributed by atoms with Gasteiger partial charge in [0.05, 0.1) is 11.4 Å². The Balaban J connectivity index is 1.08. The summed E-state index contributed by atoms with van der Waals surface area (Å²) >= 11 is 0. The Hall–Kier alpha value is -7.30. The topological polar surface area (TPSA) is 49.8 Å². The zero-order chi connectivity index (χ0) is 37.5. The molecule has 0 aliphatic heterocycles. The Labute approximate surface area is 328 Å². The zero-order valence-electron chi connectivity index (χ0n) is 30.9. The van der Waals surface area contributed by atoms with E-state index in [1.807, 2.05) is 42.5 Å². The summed E-state index contributed by atoms with van der Waals surface area (Å²) in [4.78, 5) is 10.2. The molecule has 0 radical (unpaired) electrons. The number of aromatic nitrogens is 2. The molecule has 0 saturated heterocycles. The number of hydrogen-bond donors (Lipinski definition) is 2. The minimum Gasteiger partial charge on any atom is -0.355 e. The summed E-state index contributed by atoms with van der Waals surface area (Å²) in [5.41, 5.74) is 16.0. The summed E-state index contributed by atoms with van der Waals surface area (Å²) in [6.07, 6.45) is 8.93. The van der Waals surface area contributed by atoms with E-state index in [-0.39, 0.29) is 0 Å². The minimum atomic E-state index is 0.682. The number of hydrogen-bond acceptors (Lipinski definition) is 4. The third-order valence-corrected chi connectivity index (χ3v) is 10.1. The number of anilines is 4. The number of nitrogens with zero attached hydrogens (tertiary/aromatic N) is 2. The van der Waals surface area contributed by atoms with Crippen LogP contribution in [-0.2, 0) is 0 Å². The molecule has 8 aromatic rings. The fourth-order valence-corrected chi connectivity index (χ4v) is 7.23. The Kier molecular flexibility index (Phi) is 9.83. The summed E-state index contributed by atoms with van der Waals surface area (Å²) in [7, 11) is 0. The molecular formula is C52H40N4. The van der Waals surface area contributed by atoms with Gasteiger partial charge in [-0.1, -0.05) is 152 Å². The van der Waals surface area contributed by atoms with E-state index >= 15 is 0 Å². The summed E-state index contributed by atoms with van der Waals surface area (Å²) in [5, 5.41) is 7.44. The molecule has 0 spiro atoms. The maximum atomic E-state index is 5.08. The van der Waals surface area contributed by atoms with Crippen LogP contribution in [0.25, 0.3) is 61.7 Å². The molecule has 268 valence electrons. The molecule has 2 N–H and O–H groups in total. The molecule has 4 heteroatoms. The van der Waals surface area contributed by atoms with E-state index in [1.54, 1.807) is 0 Å². The minimum absolute atomic E-state index is 0.682. The molecule has 9 rings (SSSR count). The van der Waals surface area contributed by atoms with Crippen LogP contribution in [0.3, 0.4) is 0 Å². The van der Waals surface area contributed by atoms with Crippen molar-refractivity contribution >= 4 is 28.3 Å². The smallest absolute Gasteiger partial charge is 0.160 e. The van der Waals surface area contributed by atoms with Gasteiger partial charge < -0.3 is 10.6 Å². The molecule has 4 nitrogen and oxygen atoms in total. The number of nitrogens with one attached hydrogen (secondary N) is 2. The van der Waals surface area contributed by atoms with Crippen LogP contribution in [0.5, 0.6) is 0 Å². The zero-order valence-corrected chi connectivity index (χ0v) is 30.9. The molecule has 56 heavy (non-hydrogen) atoms. The quantitative estimate of drug-likeness (QED) is 0.148. The number of rotatable bonds is 10. The van der Waals surface area contributed by atoms with Crippen LogP contribution in [-0.4, -0.2) is 9.97 Å². The van der Waals surface area contributed by atoms with Crippen molar-refractivity contribution in [1.82, 2.24) is 9.97 Å². The molecule has 1 aliphatic rings. The number of benzene rings is 7. The molecule has 7 aromatic carbocycles. The van der Waals surface area contributed by atoms with E-state index < -0.39 is 0 Å². The van der Waals surface area contributed by atoms with Crippen LogP contribution in [0.1, 0.15) is 18.4 Å². The predicted octanol–water partition coefficient (Wildman–Crippen LogP) is 14.0. The summed E-state index contributed by atoms with van der Waals surface area (Å²) in [5.74, 6) is 0.682. The highest BCUT2D eigenvalue weighted by Crippen LogP contribution is 2.39. The van der Waals surface area contributed by atoms with Crippen LogP contribution in [0.2, 0.25) is 0 Å². The molecule has 0 amide bonds. The first-order valence-electron chi connectivity index (χ1n) is 19.1. The monoisotopic (exact) mass is 720 g/mol. The van der Waals surface area contributed by atoms with Crippen molar-refractivity contribution in [2.24, 2.45) is 0 Å². The standard InChI is InChI=1S/C52H40N4/c1-6-17-37(18-7-1)46-34-41(29-31-48(46)53-44-26-14-5-15-27-44)42-30-32-49(47(35-42)38-19-8-2-9-20-38)54-45-28-16-25-43(33-45)52-55-50(39-21-10-3-11-22-39)36-51(56-52)40-23-12-4-13-24-40/h1,3-8,10-36,53-54H,2,9H2. The lowest BCUT2D eigenvalue weighted by molar-refractivity contribution is 1.04. The van der Waals surface area contributed by atoms with Crippen LogP contribution in [0, 0.1) is 0 Å². The van der Waals surface area contributed by atoms with Crippen molar-refractivity contribution in [3.63, 3.8) is 0 Å². The largest absolute Gasteiger partial charge is 0.355 e. The van der Waals surface area contributed by atoms with Gasteiger partial charge >= 0.3 is 0 Å². The van der Waals surface area contributed by atoms with E-state index in [2.05, 4.69) is 174 Å². The van der Waals surface area contributed by atoms with Crippen molar-refractivity contribution in [1.29, 1.82) is 0 Å². The van der Waals surface area contributed by atoms with Crippen molar-refractivity contribution in [3.8, 4) is 56.2 Å². The third-order valence-electron chi connectivity index (χ3n) is 10.1. The van der Waals surface area contributed by atoms with E-state index in [4.69, 9.17) is 9.97 Å². The van der Waals surface area contributed by atoms with Crippen LogP contribution in [0.15, 0.2) is 206 Å². The van der Waals surface area contributed by atoms with Gasteiger partial charge in [-0.15, -0.1) is 0 Å². The lowest BCUT2D eigenvalue weighted by Crippen LogP contribution is -1.99.